The Labute approximate surface area is 141 Å². The van der Waals surface area contributed by atoms with E-state index < -0.39 is 24.4 Å². The van der Waals surface area contributed by atoms with Crippen molar-refractivity contribution in [1.29, 1.82) is 0 Å². The fourth-order valence-corrected chi connectivity index (χ4v) is 0.271. The number of rotatable bonds is 3. The summed E-state index contributed by atoms with van der Waals surface area (Å²) in [4.78, 5) is 19.5. The minimum Gasteiger partial charge on any atom is -1.00 e. The van der Waals surface area contributed by atoms with E-state index in [0.29, 0.717) is 0 Å². The van der Waals surface area contributed by atoms with Gasteiger partial charge >= 0.3 is 86.9 Å². The summed E-state index contributed by atoms with van der Waals surface area (Å²) in [6, 6.07) is -1.40. The number of carboxylic acids is 2. The first-order chi connectivity index (χ1) is 4.04. The third-order valence-corrected chi connectivity index (χ3v) is 0.697. The van der Waals surface area contributed by atoms with E-state index in [0.717, 1.165) is 0 Å². The van der Waals surface area contributed by atoms with E-state index in [1.165, 1.54) is 0 Å². The molecule has 0 aromatic rings. The monoisotopic (exact) mass is 229 g/mol. The molecule has 0 bridgehead atoms. The van der Waals surface area contributed by atoms with Crippen molar-refractivity contribution in [3.8, 4) is 0 Å². The second kappa shape index (κ2) is 12.8. The summed E-state index contributed by atoms with van der Waals surface area (Å²) in [6.45, 7) is 0. The maximum absolute atomic E-state index is 9.74. The van der Waals surface area contributed by atoms with Gasteiger partial charge in [-0.1, -0.05) is 0 Å². The molecule has 0 saturated heterocycles. The maximum Gasteiger partial charge on any atom is 1.00 e. The standard InChI is InChI=1S/C4H7NO4.ClH.K.Na/c5-2(4(8)9)1-3(6)7;;;/h2H,1,5H2,(H,6,7)(H,8,9);1H;;/q;;2*+1/p-2/t2-;;;/m0.../s1. The molecule has 0 aliphatic rings. The number of carboxylic acid groups (broad SMARTS) is 2. The summed E-state index contributed by atoms with van der Waals surface area (Å²) in [5, 5.41) is 17.7. The Balaban J connectivity index is -0.000000107. The Morgan fingerprint density at radius 3 is 1.92 bits per heavy atom. The number of carbonyl (C=O) groups excluding carboxylic acids is 1. The van der Waals surface area contributed by atoms with E-state index in [1.54, 1.807) is 0 Å². The summed E-state index contributed by atoms with van der Waals surface area (Å²) in [5.74, 6) is -2.79. The smallest absolute Gasteiger partial charge is 1.00 e. The predicted molar refractivity (Wildman–Crippen MR) is 25.2 cm³/mol. The molecule has 8 heteroatoms. The summed E-state index contributed by atoms with van der Waals surface area (Å²) in [5.41, 5.74) is 4.77. The van der Waals surface area contributed by atoms with E-state index in [4.69, 9.17) is 10.8 Å². The van der Waals surface area contributed by atoms with Crippen LogP contribution in [0.15, 0.2) is 0 Å². The minimum atomic E-state index is -1.54. The molecule has 3 N–H and O–H groups in total. The van der Waals surface area contributed by atoms with E-state index in [-0.39, 0.29) is 93.3 Å². The average molecular weight is 230 g/mol. The molecule has 60 valence electrons. The largest absolute Gasteiger partial charge is 1.00 e. The topological polar surface area (TPSA) is 103 Å². The van der Waals surface area contributed by atoms with Gasteiger partial charge in [-0.15, -0.1) is 0 Å². The number of aliphatic carboxylic acids is 2. The molecule has 0 unspecified atom stereocenters. The Bertz CT molecular complexity index is 147. The van der Waals surface area contributed by atoms with Crippen LogP contribution >= 0.6 is 0 Å². The van der Waals surface area contributed by atoms with Gasteiger partial charge in [0.2, 0.25) is 0 Å². The Morgan fingerprint density at radius 2 is 1.83 bits per heavy atom. The van der Waals surface area contributed by atoms with E-state index >= 15 is 0 Å². The van der Waals surface area contributed by atoms with Gasteiger partial charge in [-0.25, -0.2) is 0 Å². The summed E-state index contributed by atoms with van der Waals surface area (Å²) in [6.07, 6.45) is -0.595. The van der Waals surface area contributed by atoms with Crippen molar-refractivity contribution in [3.63, 3.8) is 0 Å². The van der Waals surface area contributed by atoms with Crippen molar-refractivity contribution < 1.29 is 113 Å². The molecule has 0 heterocycles. The summed E-state index contributed by atoms with van der Waals surface area (Å²) in [7, 11) is 0. The van der Waals surface area contributed by atoms with Crippen LogP contribution in [0.1, 0.15) is 6.42 Å². The second-order valence-corrected chi connectivity index (χ2v) is 1.52. The Morgan fingerprint density at radius 1 is 1.50 bits per heavy atom. The normalized spacial score (nSPS) is 9.42. The van der Waals surface area contributed by atoms with Crippen molar-refractivity contribution in [2.75, 3.05) is 0 Å². The molecular formula is C4H6ClKNNaO4. The fourth-order valence-electron chi connectivity index (χ4n) is 0.271. The fraction of sp³-hybridized carbons (Fsp3) is 0.500. The predicted octanol–water partition coefficient (Wildman–Crippen LogP) is -11.4. The van der Waals surface area contributed by atoms with Crippen LogP contribution in [0.4, 0.5) is 0 Å². The van der Waals surface area contributed by atoms with Crippen LogP contribution in [0.2, 0.25) is 0 Å². The van der Waals surface area contributed by atoms with Gasteiger partial charge in [-0.3, -0.25) is 4.79 Å². The van der Waals surface area contributed by atoms with Crippen molar-refractivity contribution in [2.45, 2.75) is 12.5 Å². The SMILES string of the molecule is N[C@@H](CC(=O)O)C(=O)[O-].[Cl-].[K+].[Na+]. The molecule has 0 aliphatic heterocycles. The van der Waals surface area contributed by atoms with Crippen LogP contribution in [-0.4, -0.2) is 23.1 Å². The van der Waals surface area contributed by atoms with Gasteiger partial charge in [0.05, 0.1) is 18.4 Å². The zero-order valence-electron chi connectivity index (χ0n) is 6.91. The van der Waals surface area contributed by atoms with E-state index in [1.807, 2.05) is 0 Å². The van der Waals surface area contributed by atoms with Gasteiger partial charge in [0.25, 0.3) is 0 Å². The first kappa shape index (κ1) is 23.6. The number of hydrogen-bond donors (Lipinski definition) is 2. The van der Waals surface area contributed by atoms with Crippen molar-refractivity contribution in [2.24, 2.45) is 5.73 Å². The van der Waals surface area contributed by atoms with E-state index in [2.05, 4.69) is 0 Å². The summed E-state index contributed by atoms with van der Waals surface area (Å²) >= 11 is 0. The first-order valence-electron chi connectivity index (χ1n) is 2.22. The maximum atomic E-state index is 9.74. The van der Waals surface area contributed by atoms with Crippen molar-refractivity contribution in [1.82, 2.24) is 0 Å². The van der Waals surface area contributed by atoms with Crippen LogP contribution in [0, 0.1) is 0 Å². The molecular weight excluding hydrogens is 224 g/mol. The summed E-state index contributed by atoms with van der Waals surface area (Å²) < 4.78 is 0. The van der Waals surface area contributed by atoms with Gasteiger partial charge in [0.15, 0.2) is 0 Å². The zero-order valence-corrected chi connectivity index (χ0v) is 12.8. The molecule has 0 aromatic carbocycles. The third kappa shape index (κ3) is 14.4. The molecule has 0 spiro atoms. The van der Waals surface area contributed by atoms with Gasteiger partial charge in [0.1, 0.15) is 0 Å². The Kier molecular flexibility index (Phi) is 25.2. The number of halogens is 1. The van der Waals surface area contributed by atoms with Gasteiger partial charge in [-0.05, 0) is 0 Å². The molecule has 0 rings (SSSR count). The molecule has 0 aromatic heterocycles. The molecule has 5 nitrogen and oxygen atoms in total. The number of nitrogens with two attached hydrogens (primary N) is 1. The first-order valence-corrected chi connectivity index (χ1v) is 2.22. The minimum absolute atomic E-state index is 0. The third-order valence-electron chi connectivity index (χ3n) is 0.697. The van der Waals surface area contributed by atoms with Gasteiger partial charge in [-0.2, -0.15) is 0 Å². The van der Waals surface area contributed by atoms with Crippen LogP contribution in [0.25, 0.3) is 0 Å². The van der Waals surface area contributed by atoms with Crippen LogP contribution < -0.4 is 104 Å². The van der Waals surface area contributed by atoms with Crippen LogP contribution in [-0.2, 0) is 9.59 Å². The van der Waals surface area contributed by atoms with Gasteiger partial charge < -0.3 is 33.1 Å². The number of hydrogen-bond acceptors (Lipinski definition) is 4. The molecule has 0 radical (unpaired) electrons. The Hall–Kier alpha value is 1.83. The van der Waals surface area contributed by atoms with Crippen LogP contribution in [0.3, 0.4) is 0 Å². The molecule has 0 amide bonds. The average Bonchev–Trinajstić information content (AvgIpc) is 1.63. The molecule has 1 atom stereocenters. The van der Waals surface area contributed by atoms with Crippen molar-refractivity contribution >= 4 is 11.9 Å². The van der Waals surface area contributed by atoms with E-state index in [9.17, 15) is 14.7 Å². The second-order valence-electron chi connectivity index (χ2n) is 1.52. The quantitative estimate of drug-likeness (QED) is 0.468. The molecule has 0 aliphatic carbocycles. The number of carbonyl (C=O) groups is 2. The zero-order chi connectivity index (χ0) is 7.44. The molecule has 0 saturated carbocycles. The van der Waals surface area contributed by atoms with Crippen molar-refractivity contribution in [3.05, 3.63) is 0 Å². The molecule has 12 heavy (non-hydrogen) atoms. The van der Waals surface area contributed by atoms with Gasteiger partial charge in [0, 0.05) is 0 Å². The van der Waals surface area contributed by atoms with Crippen LogP contribution in [0.5, 0.6) is 0 Å². The molecule has 0 fully saturated rings.